The second-order valence-electron chi connectivity index (χ2n) is 11.5. The van der Waals surface area contributed by atoms with Gasteiger partial charge in [-0.15, -0.1) is 0 Å². The Kier molecular flexibility index (Phi) is 10.6. The van der Waals surface area contributed by atoms with E-state index in [2.05, 4.69) is 0 Å². The first-order valence-electron chi connectivity index (χ1n) is 13.7. The molecule has 3 rings (SSSR count). The van der Waals surface area contributed by atoms with E-state index in [1.165, 1.54) is 23.1 Å². The lowest BCUT2D eigenvalue weighted by atomic mass is 10.0. The zero-order valence-corrected chi connectivity index (χ0v) is 24.9. The van der Waals surface area contributed by atoms with Gasteiger partial charge in [-0.05, 0) is 51.5 Å². The molecule has 0 aromatic heterocycles. The number of hydrogen-bond donors (Lipinski definition) is 0. The van der Waals surface area contributed by atoms with Crippen molar-refractivity contribution >= 4 is 17.7 Å². The van der Waals surface area contributed by atoms with E-state index in [0.29, 0.717) is 24.5 Å². The van der Waals surface area contributed by atoms with E-state index >= 15 is 0 Å². The summed E-state index contributed by atoms with van der Waals surface area (Å²) >= 11 is 0. The quantitative estimate of drug-likeness (QED) is 0.310. The molecule has 2 amide bonds. The number of hydrogen-bond acceptors (Lipinski definition) is 8. The van der Waals surface area contributed by atoms with Crippen LogP contribution in [0.2, 0.25) is 0 Å². The number of likely N-dealkylation sites (N-methyl/N-ethyl adjacent to an activating group) is 1. The summed E-state index contributed by atoms with van der Waals surface area (Å²) in [5.74, 6) is 0.745. The molecule has 11 nitrogen and oxygen atoms in total. The standard InChI is InChI=1S/C30H41N3O8/c1-20-16-32(21(2)18-39-19-22-8-11-25(38-7)12-9-22)28(34)15-23-14-24(33(36)37)10-13-26(23)40-27(20)17-31(6)29(35)41-30(3,4)5/h8-14,20-21,27H,15-19H2,1-7H3. The maximum Gasteiger partial charge on any atom is 0.410 e. The molecular formula is C30H41N3O8. The molecule has 0 N–H and O–H groups in total. The van der Waals surface area contributed by atoms with Crippen molar-refractivity contribution in [2.45, 2.75) is 65.4 Å². The van der Waals surface area contributed by atoms with Gasteiger partial charge in [0.05, 0.1) is 44.3 Å². The average molecular weight is 572 g/mol. The van der Waals surface area contributed by atoms with Gasteiger partial charge in [0.25, 0.3) is 5.69 Å². The van der Waals surface area contributed by atoms with Crippen LogP contribution in [-0.4, -0.2) is 78.3 Å². The molecule has 1 aliphatic heterocycles. The maximum atomic E-state index is 13.6. The van der Waals surface area contributed by atoms with Gasteiger partial charge in [-0.1, -0.05) is 19.1 Å². The first kappa shape index (κ1) is 31.7. The van der Waals surface area contributed by atoms with Crippen LogP contribution in [0.3, 0.4) is 0 Å². The van der Waals surface area contributed by atoms with Crippen molar-refractivity contribution in [3.8, 4) is 11.5 Å². The SMILES string of the molecule is COc1ccc(COCC(C)N2CC(C)C(CN(C)C(=O)OC(C)(C)C)Oc3ccc([N+](=O)[O-])cc3CC2=O)cc1. The molecule has 3 unspecified atom stereocenters. The first-order chi connectivity index (χ1) is 19.3. The van der Waals surface area contributed by atoms with Crippen LogP contribution < -0.4 is 9.47 Å². The maximum absolute atomic E-state index is 13.6. The summed E-state index contributed by atoms with van der Waals surface area (Å²) in [6.07, 6.45) is -1.08. The zero-order chi connectivity index (χ0) is 30.3. The number of nitro groups is 1. The van der Waals surface area contributed by atoms with Crippen molar-refractivity contribution in [1.82, 2.24) is 9.80 Å². The van der Waals surface area contributed by atoms with Crippen LogP contribution in [0, 0.1) is 16.0 Å². The zero-order valence-electron chi connectivity index (χ0n) is 24.9. The molecule has 0 spiro atoms. The molecular weight excluding hydrogens is 530 g/mol. The van der Waals surface area contributed by atoms with Crippen molar-refractivity contribution in [2.75, 3.05) is 33.9 Å². The topological polar surface area (TPSA) is 121 Å². The van der Waals surface area contributed by atoms with E-state index in [1.54, 1.807) is 39.8 Å². The molecule has 41 heavy (non-hydrogen) atoms. The van der Waals surface area contributed by atoms with Crippen LogP contribution in [0.1, 0.15) is 45.7 Å². The third-order valence-electron chi connectivity index (χ3n) is 6.79. The Labute approximate surface area is 241 Å². The fourth-order valence-corrected chi connectivity index (χ4v) is 4.49. The largest absolute Gasteiger partial charge is 0.497 e. The van der Waals surface area contributed by atoms with Crippen LogP contribution in [0.5, 0.6) is 11.5 Å². The number of methoxy groups -OCH3 is 1. The molecule has 0 saturated heterocycles. The Balaban J connectivity index is 1.82. The predicted molar refractivity (Wildman–Crippen MR) is 153 cm³/mol. The van der Waals surface area contributed by atoms with E-state index < -0.39 is 22.7 Å². The van der Waals surface area contributed by atoms with Gasteiger partial charge in [0.15, 0.2) is 0 Å². The minimum Gasteiger partial charge on any atom is -0.497 e. The summed E-state index contributed by atoms with van der Waals surface area (Å²) in [4.78, 5) is 40.5. The Morgan fingerprint density at radius 1 is 1.22 bits per heavy atom. The lowest BCUT2D eigenvalue weighted by molar-refractivity contribution is -0.384. The third-order valence-corrected chi connectivity index (χ3v) is 6.79. The number of fused-ring (bicyclic) bond motifs is 1. The number of benzene rings is 2. The molecule has 2 aromatic carbocycles. The lowest BCUT2D eigenvalue weighted by Gasteiger charge is -2.34. The van der Waals surface area contributed by atoms with Gasteiger partial charge in [-0.25, -0.2) is 4.79 Å². The first-order valence-corrected chi connectivity index (χ1v) is 13.7. The molecule has 2 aromatic rings. The monoisotopic (exact) mass is 571 g/mol. The summed E-state index contributed by atoms with van der Waals surface area (Å²) in [5, 5.41) is 11.5. The molecule has 0 radical (unpaired) electrons. The molecule has 0 aliphatic carbocycles. The number of ether oxygens (including phenoxy) is 4. The van der Waals surface area contributed by atoms with Gasteiger partial charge in [-0.3, -0.25) is 14.9 Å². The van der Waals surface area contributed by atoms with Crippen molar-refractivity contribution in [2.24, 2.45) is 5.92 Å². The highest BCUT2D eigenvalue weighted by molar-refractivity contribution is 5.80. The second kappa shape index (κ2) is 13.7. The highest BCUT2D eigenvalue weighted by Gasteiger charge is 2.33. The molecule has 0 bridgehead atoms. The minimum absolute atomic E-state index is 0.0683. The second-order valence-corrected chi connectivity index (χ2v) is 11.5. The number of amides is 2. The van der Waals surface area contributed by atoms with Crippen LogP contribution >= 0.6 is 0 Å². The summed E-state index contributed by atoms with van der Waals surface area (Å²) in [6, 6.07) is 11.5. The third kappa shape index (κ3) is 9.07. The highest BCUT2D eigenvalue weighted by Crippen LogP contribution is 2.30. The summed E-state index contributed by atoms with van der Waals surface area (Å²) < 4.78 is 23.0. The molecule has 0 fully saturated rings. The van der Waals surface area contributed by atoms with E-state index in [-0.39, 0.29) is 43.1 Å². The van der Waals surface area contributed by atoms with Crippen LogP contribution in [0.25, 0.3) is 0 Å². The van der Waals surface area contributed by atoms with Crippen molar-refractivity contribution in [3.63, 3.8) is 0 Å². The van der Waals surface area contributed by atoms with E-state index in [1.807, 2.05) is 38.1 Å². The van der Waals surface area contributed by atoms with Gasteiger partial charge in [0.1, 0.15) is 23.2 Å². The fourth-order valence-electron chi connectivity index (χ4n) is 4.49. The minimum atomic E-state index is -0.660. The Morgan fingerprint density at radius 3 is 2.51 bits per heavy atom. The molecule has 1 heterocycles. The highest BCUT2D eigenvalue weighted by atomic mass is 16.6. The van der Waals surface area contributed by atoms with Crippen molar-refractivity contribution < 1.29 is 33.5 Å². The van der Waals surface area contributed by atoms with Crippen molar-refractivity contribution in [1.29, 1.82) is 0 Å². The Bertz CT molecular complexity index is 1210. The van der Waals surface area contributed by atoms with Crippen molar-refractivity contribution in [3.05, 3.63) is 63.7 Å². The van der Waals surface area contributed by atoms with Gasteiger partial charge in [-0.2, -0.15) is 0 Å². The number of rotatable bonds is 9. The molecule has 0 saturated carbocycles. The van der Waals surface area contributed by atoms with Gasteiger partial charge in [0.2, 0.25) is 5.91 Å². The lowest BCUT2D eigenvalue weighted by Crippen LogP contribution is -2.48. The van der Waals surface area contributed by atoms with E-state index in [9.17, 15) is 19.7 Å². The van der Waals surface area contributed by atoms with Crippen LogP contribution in [0.4, 0.5) is 10.5 Å². The molecule has 224 valence electrons. The summed E-state index contributed by atoms with van der Waals surface area (Å²) in [5.41, 5.74) is 0.602. The van der Waals surface area contributed by atoms with Crippen LogP contribution in [0.15, 0.2) is 42.5 Å². The predicted octanol–water partition coefficient (Wildman–Crippen LogP) is 4.84. The Hall–Kier alpha value is -3.86. The number of carbonyl (C=O) groups is 2. The molecule has 1 aliphatic rings. The summed E-state index contributed by atoms with van der Waals surface area (Å²) in [7, 11) is 3.24. The normalized spacial score (nSPS) is 18.2. The smallest absolute Gasteiger partial charge is 0.410 e. The van der Waals surface area contributed by atoms with E-state index in [0.717, 1.165) is 11.3 Å². The fraction of sp³-hybridized carbons (Fsp3) is 0.533. The van der Waals surface area contributed by atoms with Gasteiger partial charge >= 0.3 is 6.09 Å². The average Bonchev–Trinajstić information content (AvgIpc) is 2.95. The Morgan fingerprint density at radius 2 is 1.90 bits per heavy atom. The summed E-state index contributed by atoms with van der Waals surface area (Å²) in [6.45, 7) is 10.4. The number of carbonyl (C=O) groups excluding carboxylic acids is 2. The number of nitro benzene ring substituents is 1. The van der Waals surface area contributed by atoms with Crippen LogP contribution in [-0.2, 0) is 27.3 Å². The van der Waals surface area contributed by atoms with E-state index in [4.69, 9.17) is 18.9 Å². The molecule has 3 atom stereocenters. The number of non-ortho nitro benzene ring substituents is 1. The van der Waals surface area contributed by atoms with Gasteiger partial charge < -0.3 is 28.7 Å². The van der Waals surface area contributed by atoms with Gasteiger partial charge in [0, 0.05) is 37.2 Å². The number of nitrogens with zero attached hydrogens (tertiary/aromatic N) is 3. The molecule has 11 heteroatoms.